The smallest absolute Gasteiger partial charge is 0.300 e. The number of nitrogens with two attached hydrogens (primary N) is 1. The summed E-state index contributed by atoms with van der Waals surface area (Å²) < 4.78 is 5.29. The Kier molecular flexibility index (Phi) is 5.81. The molecule has 0 spiro atoms. The molecule has 1 aromatic carbocycles. The van der Waals surface area contributed by atoms with Crippen LogP contribution in [0.2, 0.25) is 0 Å². The minimum Gasteiger partial charge on any atom is -0.481 e. The van der Waals surface area contributed by atoms with Crippen molar-refractivity contribution in [3.63, 3.8) is 0 Å². The summed E-state index contributed by atoms with van der Waals surface area (Å²) in [6.07, 6.45) is 0. The van der Waals surface area contributed by atoms with Gasteiger partial charge in [0.25, 0.3) is 5.97 Å². The topological polar surface area (TPSA) is 99.6 Å². The fraction of sp³-hybridized carbons (Fsp3) is 0.385. The first kappa shape index (κ1) is 15.0. The van der Waals surface area contributed by atoms with Gasteiger partial charge < -0.3 is 20.5 Å². The molecule has 0 aromatic heterocycles. The van der Waals surface area contributed by atoms with E-state index >= 15 is 0 Å². The van der Waals surface area contributed by atoms with E-state index in [4.69, 9.17) is 25.8 Å². The molecule has 19 heavy (non-hydrogen) atoms. The van der Waals surface area contributed by atoms with E-state index in [1.807, 2.05) is 24.3 Å². The largest absolute Gasteiger partial charge is 0.481 e. The van der Waals surface area contributed by atoms with Gasteiger partial charge >= 0.3 is 0 Å². The van der Waals surface area contributed by atoms with Crippen molar-refractivity contribution in [2.24, 2.45) is 5.73 Å². The lowest BCUT2D eigenvalue weighted by molar-refractivity contribution is -0.134. The Balaban J connectivity index is 0.000000399. The van der Waals surface area contributed by atoms with E-state index in [1.54, 1.807) is 0 Å². The van der Waals surface area contributed by atoms with Crippen molar-refractivity contribution in [2.45, 2.75) is 6.92 Å². The van der Waals surface area contributed by atoms with Gasteiger partial charge in [0.15, 0.2) is 0 Å². The van der Waals surface area contributed by atoms with Gasteiger partial charge in [0.2, 0.25) is 0 Å². The lowest BCUT2D eigenvalue weighted by atomic mass is 10.2. The number of morpholine rings is 1. The highest BCUT2D eigenvalue weighted by Crippen LogP contribution is 2.16. The Hall–Kier alpha value is -2.08. The molecule has 1 aromatic rings. The number of amidine groups is 1. The van der Waals surface area contributed by atoms with E-state index in [9.17, 15) is 0 Å². The Labute approximate surface area is 112 Å². The molecule has 104 valence electrons. The second-order valence-corrected chi connectivity index (χ2v) is 4.08. The first-order valence-electron chi connectivity index (χ1n) is 5.97. The maximum atomic E-state index is 9.00. The van der Waals surface area contributed by atoms with Gasteiger partial charge in [-0.05, 0) is 24.3 Å². The zero-order valence-corrected chi connectivity index (χ0v) is 10.9. The van der Waals surface area contributed by atoms with E-state index < -0.39 is 5.97 Å². The highest BCUT2D eigenvalue weighted by atomic mass is 16.5. The van der Waals surface area contributed by atoms with Crippen molar-refractivity contribution in [1.29, 1.82) is 5.41 Å². The van der Waals surface area contributed by atoms with Gasteiger partial charge in [-0.1, -0.05) is 0 Å². The number of carboxylic acids is 1. The van der Waals surface area contributed by atoms with Gasteiger partial charge in [0.1, 0.15) is 5.84 Å². The third-order valence-electron chi connectivity index (χ3n) is 2.55. The first-order valence-corrected chi connectivity index (χ1v) is 5.97. The van der Waals surface area contributed by atoms with E-state index in [0.717, 1.165) is 38.8 Å². The average molecular weight is 265 g/mol. The molecule has 0 unspecified atom stereocenters. The number of hydrogen-bond donors (Lipinski definition) is 3. The molecule has 0 aliphatic carbocycles. The second-order valence-electron chi connectivity index (χ2n) is 4.08. The van der Waals surface area contributed by atoms with Gasteiger partial charge in [0.05, 0.1) is 13.2 Å². The summed E-state index contributed by atoms with van der Waals surface area (Å²) in [4.78, 5) is 11.3. The summed E-state index contributed by atoms with van der Waals surface area (Å²) in [6, 6.07) is 7.77. The highest BCUT2D eigenvalue weighted by Gasteiger charge is 2.10. The van der Waals surface area contributed by atoms with Crippen LogP contribution in [0.4, 0.5) is 5.69 Å². The number of rotatable bonds is 2. The zero-order valence-electron chi connectivity index (χ0n) is 10.9. The zero-order chi connectivity index (χ0) is 14.3. The molecule has 2 rings (SSSR count). The molecule has 1 aliphatic heterocycles. The third kappa shape index (κ3) is 5.39. The Morgan fingerprint density at radius 3 is 2.21 bits per heavy atom. The maximum Gasteiger partial charge on any atom is 0.300 e. The predicted molar refractivity (Wildman–Crippen MR) is 73.8 cm³/mol. The molecular formula is C13H19N3O3. The SMILES string of the molecule is CC(=O)O.N=C(N)c1ccc(N2CCOCC2)cc1. The number of hydrogen-bond acceptors (Lipinski definition) is 4. The van der Waals surface area contributed by atoms with Crippen molar-refractivity contribution < 1.29 is 14.6 Å². The Morgan fingerprint density at radius 1 is 1.32 bits per heavy atom. The number of anilines is 1. The summed E-state index contributed by atoms with van der Waals surface area (Å²) >= 11 is 0. The molecule has 1 fully saturated rings. The van der Waals surface area contributed by atoms with Crippen molar-refractivity contribution in [1.82, 2.24) is 0 Å². The van der Waals surface area contributed by atoms with Crippen molar-refractivity contribution in [3.8, 4) is 0 Å². The normalized spacial score (nSPS) is 14.3. The van der Waals surface area contributed by atoms with E-state index in [-0.39, 0.29) is 5.84 Å². The van der Waals surface area contributed by atoms with Crippen LogP contribution in [0.5, 0.6) is 0 Å². The number of ether oxygens (including phenoxy) is 1. The average Bonchev–Trinajstić information content (AvgIpc) is 2.39. The molecule has 0 amide bonds. The van der Waals surface area contributed by atoms with Crippen LogP contribution >= 0.6 is 0 Å². The van der Waals surface area contributed by atoms with Crippen LogP contribution in [0.1, 0.15) is 12.5 Å². The van der Waals surface area contributed by atoms with Crippen molar-refractivity contribution >= 4 is 17.5 Å². The molecule has 1 saturated heterocycles. The molecular weight excluding hydrogens is 246 g/mol. The molecule has 6 heteroatoms. The lowest BCUT2D eigenvalue weighted by Crippen LogP contribution is -2.36. The van der Waals surface area contributed by atoms with Gasteiger partial charge in [-0.15, -0.1) is 0 Å². The first-order chi connectivity index (χ1) is 9.00. The minimum absolute atomic E-state index is 0.114. The molecule has 6 nitrogen and oxygen atoms in total. The molecule has 0 saturated carbocycles. The molecule has 1 aliphatic rings. The van der Waals surface area contributed by atoms with Gasteiger partial charge in [-0.2, -0.15) is 0 Å². The lowest BCUT2D eigenvalue weighted by Gasteiger charge is -2.28. The van der Waals surface area contributed by atoms with Crippen LogP contribution < -0.4 is 10.6 Å². The van der Waals surface area contributed by atoms with Crippen LogP contribution in [0.15, 0.2) is 24.3 Å². The maximum absolute atomic E-state index is 9.00. The summed E-state index contributed by atoms with van der Waals surface area (Å²) in [6.45, 7) is 4.52. The fourth-order valence-electron chi connectivity index (χ4n) is 1.67. The minimum atomic E-state index is -0.833. The second kappa shape index (κ2) is 7.38. The Bertz CT molecular complexity index is 421. The quantitative estimate of drug-likeness (QED) is 0.545. The standard InChI is InChI=1S/C11H15N3O.C2H4O2/c12-11(13)9-1-3-10(4-2-9)14-5-7-15-8-6-14;1-2(3)4/h1-4H,5-8H2,(H3,12,13);1H3,(H,3,4). The van der Waals surface area contributed by atoms with Crippen LogP contribution in [0.25, 0.3) is 0 Å². The van der Waals surface area contributed by atoms with Crippen molar-refractivity contribution in [2.75, 3.05) is 31.2 Å². The van der Waals surface area contributed by atoms with Gasteiger partial charge in [-0.3, -0.25) is 10.2 Å². The summed E-state index contributed by atoms with van der Waals surface area (Å²) in [5, 5.41) is 14.7. The third-order valence-corrected chi connectivity index (χ3v) is 2.55. The van der Waals surface area contributed by atoms with E-state index in [0.29, 0.717) is 0 Å². The number of carboxylic acid groups (broad SMARTS) is 1. The number of carbonyl (C=O) groups is 1. The molecule has 4 N–H and O–H groups in total. The fourth-order valence-corrected chi connectivity index (χ4v) is 1.67. The van der Waals surface area contributed by atoms with Gasteiger partial charge in [-0.25, -0.2) is 0 Å². The van der Waals surface area contributed by atoms with Crippen LogP contribution in [0, 0.1) is 5.41 Å². The van der Waals surface area contributed by atoms with Crippen molar-refractivity contribution in [3.05, 3.63) is 29.8 Å². The number of nitrogens with one attached hydrogen (secondary N) is 1. The number of nitrogens with zero attached hydrogens (tertiary/aromatic N) is 1. The van der Waals surface area contributed by atoms with E-state index in [2.05, 4.69) is 4.90 Å². The van der Waals surface area contributed by atoms with E-state index in [1.165, 1.54) is 5.69 Å². The van der Waals surface area contributed by atoms with Gasteiger partial charge in [0, 0.05) is 31.3 Å². The molecule has 0 bridgehead atoms. The van der Waals surface area contributed by atoms with Crippen LogP contribution in [-0.2, 0) is 9.53 Å². The monoisotopic (exact) mass is 265 g/mol. The molecule has 0 atom stereocenters. The molecule has 1 heterocycles. The summed E-state index contributed by atoms with van der Waals surface area (Å²) in [5.74, 6) is -0.719. The van der Waals surface area contributed by atoms with Crippen LogP contribution in [-0.4, -0.2) is 43.2 Å². The molecule has 0 radical (unpaired) electrons. The summed E-state index contributed by atoms with van der Waals surface area (Å²) in [7, 11) is 0. The highest BCUT2D eigenvalue weighted by molar-refractivity contribution is 5.95. The Morgan fingerprint density at radius 2 is 1.79 bits per heavy atom. The number of nitrogen functional groups attached to an aromatic ring is 1. The number of benzene rings is 1. The van der Waals surface area contributed by atoms with Crippen LogP contribution in [0.3, 0.4) is 0 Å². The summed E-state index contributed by atoms with van der Waals surface area (Å²) in [5.41, 5.74) is 7.33. The number of aliphatic carboxylic acids is 1. The predicted octanol–water partition coefficient (Wildman–Crippen LogP) is 0.898.